The maximum absolute atomic E-state index is 12.4. The lowest BCUT2D eigenvalue weighted by Crippen LogP contribution is -2.49. The highest BCUT2D eigenvalue weighted by atomic mass is 16.5. The van der Waals surface area contributed by atoms with Crippen LogP contribution in [0.3, 0.4) is 0 Å². The van der Waals surface area contributed by atoms with Crippen LogP contribution in [0, 0.1) is 0 Å². The lowest BCUT2D eigenvalue weighted by atomic mass is 10.0. The molecule has 0 radical (unpaired) electrons. The number of rotatable bonds is 6. The van der Waals surface area contributed by atoms with Crippen LogP contribution in [-0.4, -0.2) is 53.0 Å². The maximum Gasteiger partial charge on any atom is 0.237 e. The minimum atomic E-state index is -0.555. The number of nitrogens with two attached hydrogens (primary N) is 1. The summed E-state index contributed by atoms with van der Waals surface area (Å²) < 4.78 is 5.99. The van der Waals surface area contributed by atoms with Gasteiger partial charge in [-0.2, -0.15) is 0 Å². The van der Waals surface area contributed by atoms with Crippen molar-refractivity contribution < 1.29 is 9.53 Å². The Balaban J connectivity index is 1.33. The number of nitrogens with zero attached hydrogens (tertiary/aromatic N) is 2. The predicted octanol–water partition coefficient (Wildman–Crippen LogP) is 2.44. The highest BCUT2D eigenvalue weighted by molar-refractivity contribution is 5.83. The van der Waals surface area contributed by atoms with Crippen LogP contribution < -0.4 is 15.8 Å². The molecule has 2 aromatic heterocycles. The molecule has 1 fully saturated rings. The van der Waals surface area contributed by atoms with Gasteiger partial charge in [0.15, 0.2) is 0 Å². The number of pyridine rings is 1. The summed E-state index contributed by atoms with van der Waals surface area (Å²) in [4.78, 5) is 22.0. The number of hydrogen-bond donors (Lipinski definition) is 3. The molecule has 0 bridgehead atoms. The van der Waals surface area contributed by atoms with E-state index in [1.54, 1.807) is 6.20 Å². The van der Waals surface area contributed by atoms with E-state index in [0.29, 0.717) is 6.42 Å². The molecule has 1 aromatic carbocycles. The van der Waals surface area contributed by atoms with E-state index in [9.17, 15) is 4.79 Å². The Hall–Kier alpha value is -2.90. The van der Waals surface area contributed by atoms with Gasteiger partial charge in [-0.15, -0.1) is 0 Å². The largest absolute Gasteiger partial charge is 0.457 e. The average molecular weight is 393 g/mol. The molecule has 7 heteroatoms. The third kappa shape index (κ3) is 4.75. The Kier molecular flexibility index (Phi) is 5.78. The van der Waals surface area contributed by atoms with E-state index in [1.807, 2.05) is 42.6 Å². The van der Waals surface area contributed by atoms with Gasteiger partial charge in [-0.3, -0.25) is 4.79 Å². The Morgan fingerprint density at radius 3 is 2.79 bits per heavy atom. The van der Waals surface area contributed by atoms with Crippen molar-refractivity contribution >= 4 is 16.9 Å². The number of amides is 1. The lowest BCUT2D eigenvalue weighted by Gasteiger charge is -2.30. The molecule has 4 rings (SSSR count). The van der Waals surface area contributed by atoms with Crippen LogP contribution in [0.15, 0.2) is 48.8 Å². The molecule has 1 atom stereocenters. The summed E-state index contributed by atoms with van der Waals surface area (Å²) in [6.07, 6.45) is 6.00. The summed E-state index contributed by atoms with van der Waals surface area (Å²) >= 11 is 0. The molecule has 3 aromatic rings. The first-order valence-electron chi connectivity index (χ1n) is 10.0. The molecule has 1 aliphatic heterocycles. The first-order valence-corrected chi connectivity index (χ1v) is 10.0. The van der Waals surface area contributed by atoms with Gasteiger partial charge in [-0.25, -0.2) is 4.98 Å². The van der Waals surface area contributed by atoms with Crippen LogP contribution in [0.5, 0.6) is 11.5 Å². The van der Waals surface area contributed by atoms with Gasteiger partial charge in [0, 0.05) is 18.4 Å². The minimum Gasteiger partial charge on any atom is -0.457 e. The smallest absolute Gasteiger partial charge is 0.237 e. The molecule has 1 aliphatic rings. The number of nitrogens with one attached hydrogen (secondary N) is 2. The lowest BCUT2D eigenvalue weighted by molar-refractivity contribution is -0.123. The molecule has 0 unspecified atom stereocenters. The van der Waals surface area contributed by atoms with E-state index >= 15 is 0 Å². The van der Waals surface area contributed by atoms with E-state index in [1.165, 1.54) is 0 Å². The van der Waals surface area contributed by atoms with Crippen molar-refractivity contribution in [3.63, 3.8) is 0 Å². The molecule has 1 saturated heterocycles. The second-order valence-corrected chi connectivity index (χ2v) is 7.69. The van der Waals surface area contributed by atoms with E-state index in [4.69, 9.17) is 10.5 Å². The van der Waals surface area contributed by atoms with Crippen LogP contribution >= 0.6 is 0 Å². The Labute approximate surface area is 170 Å². The van der Waals surface area contributed by atoms with Crippen LogP contribution in [0.25, 0.3) is 11.0 Å². The number of H-pyrrole nitrogens is 1. The quantitative estimate of drug-likeness (QED) is 0.598. The molecule has 29 heavy (non-hydrogen) atoms. The molecule has 0 aliphatic carbocycles. The number of hydrogen-bond acceptors (Lipinski definition) is 5. The predicted molar refractivity (Wildman–Crippen MR) is 113 cm³/mol. The van der Waals surface area contributed by atoms with Gasteiger partial charge >= 0.3 is 0 Å². The van der Waals surface area contributed by atoms with Crippen LogP contribution in [0.1, 0.15) is 18.4 Å². The van der Waals surface area contributed by atoms with Gasteiger partial charge < -0.3 is 25.7 Å². The minimum absolute atomic E-state index is 0.0773. The summed E-state index contributed by atoms with van der Waals surface area (Å²) in [7, 11) is 2.10. The van der Waals surface area contributed by atoms with E-state index < -0.39 is 6.04 Å². The number of aromatic amines is 1. The Bertz CT molecular complexity index is 961. The summed E-state index contributed by atoms with van der Waals surface area (Å²) in [5.74, 6) is 1.40. The van der Waals surface area contributed by atoms with Crippen molar-refractivity contribution in [1.82, 2.24) is 20.2 Å². The summed E-state index contributed by atoms with van der Waals surface area (Å²) in [5.41, 5.74) is 7.94. The fourth-order valence-electron chi connectivity index (χ4n) is 3.65. The monoisotopic (exact) mass is 393 g/mol. The second-order valence-electron chi connectivity index (χ2n) is 7.69. The molecule has 7 nitrogen and oxygen atoms in total. The SMILES string of the molecule is CN1CCC(NC(=O)[C@@H](N)Cc2ccc(Oc3ccnc4[nH]ccc34)cc2)CC1. The zero-order valence-corrected chi connectivity index (χ0v) is 16.6. The van der Waals surface area contributed by atoms with Crippen molar-refractivity contribution in [1.29, 1.82) is 0 Å². The van der Waals surface area contributed by atoms with Gasteiger partial charge in [0.1, 0.15) is 17.1 Å². The van der Waals surface area contributed by atoms with Crippen molar-refractivity contribution in [3.8, 4) is 11.5 Å². The number of fused-ring (bicyclic) bond motifs is 1. The number of aromatic nitrogens is 2. The first-order chi connectivity index (χ1) is 14.1. The van der Waals surface area contributed by atoms with Gasteiger partial charge in [-0.05, 0) is 69.2 Å². The molecule has 152 valence electrons. The molecule has 0 saturated carbocycles. The fourth-order valence-corrected chi connectivity index (χ4v) is 3.65. The molecular formula is C22H27N5O2. The maximum atomic E-state index is 12.4. The van der Waals surface area contributed by atoms with Gasteiger partial charge in [0.25, 0.3) is 0 Å². The second kappa shape index (κ2) is 8.63. The number of carbonyl (C=O) groups is 1. The third-order valence-electron chi connectivity index (χ3n) is 5.43. The van der Waals surface area contributed by atoms with E-state index in [2.05, 4.69) is 27.2 Å². The number of piperidine rings is 1. The fraction of sp³-hybridized carbons (Fsp3) is 0.364. The van der Waals surface area contributed by atoms with Gasteiger partial charge in [0.2, 0.25) is 5.91 Å². The molecule has 0 spiro atoms. The van der Waals surface area contributed by atoms with Crippen molar-refractivity contribution in [2.24, 2.45) is 5.73 Å². The zero-order valence-electron chi connectivity index (χ0n) is 16.6. The Morgan fingerprint density at radius 2 is 2.03 bits per heavy atom. The number of ether oxygens (including phenoxy) is 1. The molecule has 4 N–H and O–H groups in total. The summed E-state index contributed by atoms with van der Waals surface area (Å²) in [6, 6.07) is 11.2. The Morgan fingerprint density at radius 1 is 1.28 bits per heavy atom. The highest BCUT2D eigenvalue weighted by Gasteiger charge is 2.21. The molecule has 1 amide bonds. The first kappa shape index (κ1) is 19.4. The van der Waals surface area contributed by atoms with Crippen LogP contribution in [0.2, 0.25) is 0 Å². The van der Waals surface area contributed by atoms with Crippen LogP contribution in [-0.2, 0) is 11.2 Å². The summed E-state index contributed by atoms with van der Waals surface area (Å²) in [5, 5.41) is 4.03. The van der Waals surface area contributed by atoms with Gasteiger partial charge in [-0.1, -0.05) is 12.1 Å². The van der Waals surface area contributed by atoms with Gasteiger partial charge in [0.05, 0.1) is 11.4 Å². The normalized spacial score (nSPS) is 16.6. The van der Waals surface area contributed by atoms with Crippen molar-refractivity contribution in [3.05, 3.63) is 54.4 Å². The average Bonchev–Trinajstić information content (AvgIpc) is 3.21. The van der Waals surface area contributed by atoms with Crippen molar-refractivity contribution in [2.75, 3.05) is 20.1 Å². The van der Waals surface area contributed by atoms with Crippen molar-refractivity contribution in [2.45, 2.75) is 31.3 Å². The standard InChI is InChI=1S/C22H27N5O2/c1-27-12-8-16(9-13-27)26-22(28)19(23)14-15-2-4-17(5-3-15)29-20-7-11-25-21-18(20)6-10-24-21/h2-7,10-11,16,19H,8-9,12-14,23H2,1H3,(H,24,25)(H,26,28)/t19-/m0/s1. The zero-order chi connectivity index (χ0) is 20.2. The van der Waals surface area contributed by atoms with E-state index in [0.717, 1.165) is 54.0 Å². The third-order valence-corrected chi connectivity index (χ3v) is 5.43. The van der Waals surface area contributed by atoms with Crippen LogP contribution in [0.4, 0.5) is 0 Å². The number of likely N-dealkylation sites (tertiary alicyclic amines) is 1. The molecular weight excluding hydrogens is 366 g/mol. The van der Waals surface area contributed by atoms with E-state index in [-0.39, 0.29) is 11.9 Å². The highest BCUT2D eigenvalue weighted by Crippen LogP contribution is 2.28. The summed E-state index contributed by atoms with van der Waals surface area (Å²) in [6.45, 7) is 2.02. The molecule has 3 heterocycles. The number of carbonyl (C=O) groups excluding carboxylic acids is 1. The topological polar surface area (TPSA) is 96.3 Å². The number of benzene rings is 1.